The number of rotatable bonds is 5. The van der Waals surface area contributed by atoms with E-state index in [0.717, 1.165) is 4.57 Å². The molecule has 0 fully saturated rings. The highest BCUT2D eigenvalue weighted by Gasteiger charge is 2.24. The monoisotopic (exact) mass is 479 g/mol. The standard InChI is InChI=1S/C23H24ClF2N3O4/c1-12(27-22(31)33-23(2,3)4)20-28-17-8-6-7-16(24)18(17)21(30)29(20)14-9-13(19(25)26)10-15(11-14)32-5/h6-12,19H,1-5H3,(H,27,31)/t12-/m0/s1. The molecule has 1 aromatic heterocycles. The summed E-state index contributed by atoms with van der Waals surface area (Å²) < 4.78 is 38.7. The van der Waals surface area contributed by atoms with Crippen LogP contribution in [0.25, 0.3) is 16.6 Å². The summed E-state index contributed by atoms with van der Waals surface area (Å²) in [6, 6.07) is 7.74. The highest BCUT2D eigenvalue weighted by molar-refractivity contribution is 6.35. The molecule has 3 rings (SSSR count). The Kier molecular flexibility index (Phi) is 6.92. The van der Waals surface area contributed by atoms with Crippen molar-refractivity contribution >= 4 is 28.6 Å². The van der Waals surface area contributed by atoms with Gasteiger partial charge in [0.15, 0.2) is 0 Å². The molecule has 7 nitrogen and oxygen atoms in total. The Morgan fingerprint density at radius 3 is 2.52 bits per heavy atom. The first-order chi connectivity index (χ1) is 15.4. The number of fused-ring (bicyclic) bond motifs is 1. The summed E-state index contributed by atoms with van der Waals surface area (Å²) in [6.07, 6.45) is -3.52. The van der Waals surface area contributed by atoms with Crippen molar-refractivity contribution in [3.8, 4) is 11.4 Å². The number of amides is 1. The molecule has 0 saturated carbocycles. The third-order valence-electron chi connectivity index (χ3n) is 4.65. The van der Waals surface area contributed by atoms with E-state index in [-0.39, 0.29) is 33.2 Å². The second-order valence-electron chi connectivity index (χ2n) is 8.38. The quantitative estimate of drug-likeness (QED) is 0.517. The Bertz CT molecular complexity index is 1250. The number of nitrogens with one attached hydrogen (secondary N) is 1. The minimum absolute atomic E-state index is 0.0943. The van der Waals surface area contributed by atoms with Crippen LogP contribution in [0.1, 0.15) is 51.6 Å². The average molecular weight is 480 g/mol. The topological polar surface area (TPSA) is 82.4 Å². The number of ether oxygens (including phenoxy) is 2. The SMILES string of the molecule is COc1cc(C(F)F)cc(-n2c([C@H](C)NC(=O)OC(C)(C)C)nc3cccc(Cl)c3c2=O)c1. The minimum Gasteiger partial charge on any atom is -0.497 e. The summed E-state index contributed by atoms with van der Waals surface area (Å²) in [5, 5.41) is 2.92. The Morgan fingerprint density at radius 2 is 1.91 bits per heavy atom. The maximum atomic E-state index is 13.5. The molecule has 0 aliphatic rings. The molecule has 2 aromatic carbocycles. The molecule has 0 saturated heterocycles. The van der Waals surface area contributed by atoms with Gasteiger partial charge in [0.1, 0.15) is 17.2 Å². The van der Waals surface area contributed by atoms with Gasteiger partial charge in [-0.1, -0.05) is 17.7 Å². The molecule has 0 unspecified atom stereocenters. The van der Waals surface area contributed by atoms with Gasteiger partial charge in [0, 0.05) is 11.6 Å². The largest absolute Gasteiger partial charge is 0.497 e. The van der Waals surface area contributed by atoms with Crippen molar-refractivity contribution in [1.29, 1.82) is 0 Å². The van der Waals surface area contributed by atoms with Crippen LogP contribution in [0, 0.1) is 0 Å². The molecule has 0 bridgehead atoms. The number of hydrogen-bond donors (Lipinski definition) is 1. The molecular formula is C23H24ClF2N3O4. The van der Waals surface area contributed by atoms with E-state index in [9.17, 15) is 18.4 Å². The minimum atomic E-state index is -2.80. The molecule has 10 heteroatoms. The number of methoxy groups -OCH3 is 1. The van der Waals surface area contributed by atoms with Crippen LogP contribution in [0.4, 0.5) is 13.6 Å². The van der Waals surface area contributed by atoms with E-state index in [0.29, 0.717) is 5.52 Å². The van der Waals surface area contributed by atoms with Gasteiger partial charge in [0.2, 0.25) is 0 Å². The summed E-state index contributed by atoms with van der Waals surface area (Å²) in [5.41, 5.74) is -1.27. The molecule has 0 aliphatic carbocycles. The summed E-state index contributed by atoms with van der Waals surface area (Å²) in [6.45, 7) is 6.75. The van der Waals surface area contributed by atoms with Crippen LogP contribution in [0.2, 0.25) is 5.02 Å². The number of hydrogen-bond acceptors (Lipinski definition) is 5. The fraction of sp³-hybridized carbons (Fsp3) is 0.348. The van der Waals surface area contributed by atoms with Crippen LogP contribution < -0.4 is 15.6 Å². The van der Waals surface area contributed by atoms with Crippen LogP contribution >= 0.6 is 11.6 Å². The molecule has 0 spiro atoms. The van der Waals surface area contributed by atoms with Gasteiger partial charge in [-0.25, -0.2) is 18.6 Å². The molecule has 1 heterocycles. The van der Waals surface area contributed by atoms with Crippen molar-refractivity contribution < 1.29 is 23.0 Å². The van der Waals surface area contributed by atoms with Gasteiger partial charge in [-0.2, -0.15) is 0 Å². The van der Waals surface area contributed by atoms with E-state index < -0.39 is 29.7 Å². The lowest BCUT2D eigenvalue weighted by atomic mass is 10.1. The van der Waals surface area contributed by atoms with Crippen molar-refractivity contribution in [2.75, 3.05) is 7.11 Å². The Labute approximate surface area is 194 Å². The van der Waals surface area contributed by atoms with E-state index in [2.05, 4.69) is 10.3 Å². The Morgan fingerprint density at radius 1 is 1.21 bits per heavy atom. The first-order valence-electron chi connectivity index (χ1n) is 10.1. The number of carbonyl (C=O) groups is 1. The molecule has 3 aromatic rings. The maximum Gasteiger partial charge on any atom is 0.408 e. The van der Waals surface area contributed by atoms with E-state index in [4.69, 9.17) is 21.1 Å². The van der Waals surface area contributed by atoms with Gasteiger partial charge in [-0.3, -0.25) is 9.36 Å². The zero-order valence-corrected chi connectivity index (χ0v) is 19.5. The summed E-state index contributed by atoms with van der Waals surface area (Å²) in [4.78, 5) is 30.4. The van der Waals surface area contributed by atoms with Gasteiger partial charge in [0.05, 0.1) is 34.8 Å². The predicted molar refractivity (Wildman–Crippen MR) is 122 cm³/mol. The molecule has 1 N–H and O–H groups in total. The number of nitrogens with zero attached hydrogens (tertiary/aromatic N) is 2. The number of alkyl halides is 2. The average Bonchev–Trinajstić information content (AvgIpc) is 2.71. The van der Waals surface area contributed by atoms with Gasteiger partial charge >= 0.3 is 6.09 Å². The molecule has 176 valence electrons. The lowest BCUT2D eigenvalue weighted by Gasteiger charge is -2.23. The van der Waals surface area contributed by atoms with Gasteiger partial charge in [0.25, 0.3) is 12.0 Å². The second kappa shape index (κ2) is 9.35. The molecule has 33 heavy (non-hydrogen) atoms. The van der Waals surface area contributed by atoms with Crippen LogP contribution in [0.3, 0.4) is 0 Å². The van der Waals surface area contributed by atoms with E-state index in [1.807, 2.05) is 0 Å². The Balaban J connectivity index is 2.26. The summed E-state index contributed by atoms with van der Waals surface area (Å²) >= 11 is 6.26. The third-order valence-corrected chi connectivity index (χ3v) is 4.97. The van der Waals surface area contributed by atoms with Crippen LogP contribution in [-0.4, -0.2) is 28.4 Å². The molecule has 1 atom stereocenters. The van der Waals surface area contributed by atoms with Crippen molar-refractivity contribution in [1.82, 2.24) is 14.9 Å². The predicted octanol–water partition coefficient (Wildman–Crippen LogP) is 5.57. The first-order valence-corrected chi connectivity index (χ1v) is 10.5. The molecule has 1 amide bonds. The number of alkyl carbamates (subject to hydrolysis) is 1. The summed E-state index contributed by atoms with van der Waals surface area (Å²) in [5.74, 6) is 0.238. The number of halogens is 3. The molecule has 0 aliphatic heterocycles. The second-order valence-corrected chi connectivity index (χ2v) is 8.78. The smallest absolute Gasteiger partial charge is 0.408 e. The van der Waals surface area contributed by atoms with Crippen LogP contribution in [0.15, 0.2) is 41.2 Å². The number of carbonyl (C=O) groups excluding carboxylic acids is 1. The van der Waals surface area contributed by atoms with Gasteiger partial charge < -0.3 is 14.8 Å². The lowest BCUT2D eigenvalue weighted by molar-refractivity contribution is 0.0505. The zero-order valence-electron chi connectivity index (χ0n) is 18.8. The van der Waals surface area contributed by atoms with Gasteiger partial charge in [-0.15, -0.1) is 0 Å². The fourth-order valence-electron chi connectivity index (χ4n) is 3.27. The number of aromatic nitrogens is 2. The van der Waals surface area contributed by atoms with E-state index in [1.54, 1.807) is 39.8 Å². The van der Waals surface area contributed by atoms with Gasteiger partial charge in [-0.05, 0) is 52.0 Å². The van der Waals surface area contributed by atoms with Crippen molar-refractivity contribution in [2.45, 2.75) is 45.8 Å². The van der Waals surface area contributed by atoms with Crippen LogP contribution in [-0.2, 0) is 4.74 Å². The number of benzene rings is 2. The zero-order chi connectivity index (χ0) is 24.5. The highest BCUT2D eigenvalue weighted by atomic mass is 35.5. The molecule has 0 radical (unpaired) electrons. The Hall–Kier alpha value is -3.20. The normalized spacial score (nSPS) is 12.6. The lowest BCUT2D eigenvalue weighted by Crippen LogP contribution is -2.37. The third kappa shape index (κ3) is 5.42. The van der Waals surface area contributed by atoms with Crippen molar-refractivity contribution in [3.63, 3.8) is 0 Å². The van der Waals surface area contributed by atoms with E-state index in [1.165, 1.54) is 31.4 Å². The fourth-order valence-corrected chi connectivity index (χ4v) is 3.52. The van der Waals surface area contributed by atoms with Crippen molar-refractivity contribution in [2.24, 2.45) is 0 Å². The van der Waals surface area contributed by atoms with Crippen molar-refractivity contribution in [3.05, 3.63) is 63.2 Å². The first kappa shape index (κ1) is 24.4. The molecular weight excluding hydrogens is 456 g/mol. The summed E-state index contributed by atoms with van der Waals surface area (Å²) in [7, 11) is 1.33. The maximum absolute atomic E-state index is 13.5. The van der Waals surface area contributed by atoms with Crippen LogP contribution in [0.5, 0.6) is 5.75 Å². The highest BCUT2D eigenvalue weighted by Crippen LogP contribution is 2.29. The van der Waals surface area contributed by atoms with E-state index >= 15 is 0 Å².